The van der Waals surface area contributed by atoms with E-state index in [0.29, 0.717) is 50.9 Å². The van der Waals surface area contributed by atoms with E-state index in [9.17, 15) is 28.8 Å². The van der Waals surface area contributed by atoms with E-state index in [0.717, 1.165) is 5.56 Å². The van der Waals surface area contributed by atoms with Crippen LogP contribution in [0.4, 0.5) is 5.69 Å². The first kappa shape index (κ1) is 35.4. The first-order chi connectivity index (χ1) is 20.4. The summed E-state index contributed by atoms with van der Waals surface area (Å²) >= 11 is 0. The first-order valence-electron chi connectivity index (χ1n) is 15.1. The molecule has 2 unspecified atom stereocenters. The second-order valence-electron chi connectivity index (χ2n) is 11.5. The van der Waals surface area contributed by atoms with E-state index in [-0.39, 0.29) is 67.4 Å². The van der Waals surface area contributed by atoms with E-state index in [2.05, 4.69) is 16.0 Å². The Kier molecular flexibility index (Phi) is 14.8. The molecule has 238 valence electrons. The summed E-state index contributed by atoms with van der Waals surface area (Å²) in [5.74, 6) is -2.09. The Morgan fingerprint density at radius 2 is 1.67 bits per heavy atom. The van der Waals surface area contributed by atoms with Gasteiger partial charge in [-0.25, -0.2) is 0 Å². The van der Waals surface area contributed by atoms with E-state index in [1.165, 1.54) is 4.90 Å². The van der Waals surface area contributed by atoms with Crippen molar-refractivity contribution in [1.82, 2.24) is 15.5 Å². The highest BCUT2D eigenvalue weighted by Gasteiger charge is 2.39. The number of rotatable bonds is 18. The van der Waals surface area contributed by atoms with Crippen molar-refractivity contribution >= 4 is 41.2 Å². The van der Waals surface area contributed by atoms with Crippen molar-refractivity contribution in [3.8, 4) is 0 Å². The van der Waals surface area contributed by atoms with E-state index in [4.69, 9.17) is 10.5 Å². The van der Waals surface area contributed by atoms with Crippen LogP contribution in [0.1, 0.15) is 78.2 Å². The molecule has 1 heterocycles. The number of amides is 5. The maximum absolute atomic E-state index is 12.9. The molecule has 0 spiro atoms. The van der Waals surface area contributed by atoms with Crippen LogP contribution in [0.2, 0.25) is 0 Å². The quantitative estimate of drug-likeness (QED) is 0.112. The number of carbonyl (C=O) groups is 6. The number of anilines is 1. The molecule has 2 atom stereocenters. The molecule has 1 aliphatic rings. The summed E-state index contributed by atoms with van der Waals surface area (Å²) in [5.41, 5.74) is 6.89. The van der Waals surface area contributed by atoms with Gasteiger partial charge < -0.3 is 26.4 Å². The summed E-state index contributed by atoms with van der Waals surface area (Å²) in [7, 11) is 0. The summed E-state index contributed by atoms with van der Waals surface area (Å²) in [6.45, 7) is 7.94. The van der Waals surface area contributed by atoms with Gasteiger partial charge in [-0.3, -0.25) is 33.7 Å². The van der Waals surface area contributed by atoms with Crippen LogP contribution in [0, 0.1) is 17.8 Å². The van der Waals surface area contributed by atoms with Crippen LogP contribution in [0.3, 0.4) is 0 Å². The SMILES string of the molecule is CC(C)C(=O)OCc1ccc(NC(=O)C(CCCN)NC(=O)CNC(=O)CCCCCN2C(=O)CC(C(C)C)C2=O)cc1. The van der Waals surface area contributed by atoms with Crippen molar-refractivity contribution in [2.45, 2.75) is 85.3 Å². The summed E-state index contributed by atoms with van der Waals surface area (Å²) in [6, 6.07) is 5.99. The zero-order chi connectivity index (χ0) is 31.9. The molecule has 43 heavy (non-hydrogen) atoms. The number of nitrogens with one attached hydrogen (secondary N) is 3. The fourth-order valence-electron chi connectivity index (χ4n) is 4.53. The summed E-state index contributed by atoms with van der Waals surface area (Å²) in [4.78, 5) is 75.1. The van der Waals surface area contributed by atoms with E-state index in [1.807, 2.05) is 13.8 Å². The molecule has 12 heteroatoms. The van der Waals surface area contributed by atoms with Gasteiger partial charge in [-0.05, 0) is 55.8 Å². The molecule has 2 rings (SSSR count). The Hall–Kier alpha value is -3.80. The lowest BCUT2D eigenvalue weighted by Crippen LogP contribution is -2.47. The molecule has 0 bridgehead atoms. The zero-order valence-corrected chi connectivity index (χ0v) is 25.8. The molecule has 12 nitrogen and oxygen atoms in total. The lowest BCUT2D eigenvalue weighted by molar-refractivity contribution is -0.148. The van der Waals surface area contributed by atoms with Gasteiger partial charge >= 0.3 is 5.97 Å². The first-order valence-corrected chi connectivity index (χ1v) is 15.1. The van der Waals surface area contributed by atoms with Crippen molar-refractivity contribution in [2.24, 2.45) is 23.5 Å². The van der Waals surface area contributed by atoms with Gasteiger partial charge in [0.1, 0.15) is 12.6 Å². The minimum atomic E-state index is -0.842. The molecule has 0 saturated carbocycles. The van der Waals surface area contributed by atoms with E-state index < -0.39 is 17.9 Å². The molecule has 0 aromatic heterocycles. The Balaban J connectivity index is 1.72. The molecule has 1 saturated heterocycles. The van der Waals surface area contributed by atoms with E-state index in [1.54, 1.807) is 38.1 Å². The van der Waals surface area contributed by atoms with Crippen molar-refractivity contribution in [3.63, 3.8) is 0 Å². The molecule has 5 amide bonds. The zero-order valence-electron chi connectivity index (χ0n) is 25.8. The van der Waals surface area contributed by atoms with Crippen molar-refractivity contribution in [2.75, 3.05) is 25.0 Å². The maximum Gasteiger partial charge on any atom is 0.308 e. The Labute approximate surface area is 253 Å². The minimum absolute atomic E-state index is 0.110. The fourth-order valence-corrected chi connectivity index (χ4v) is 4.53. The van der Waals surface area contributed by atoms with Crippen molar-refractivity contribution in [3.05, 3.63) is 29.8 Å². The van der Waals surface area contributed by atoms with Crippen LogP contribution in [0.5, 0.6) is 0 Å². The van der Waals surface area contributed by atoms with Gasteiger partial charge in [0.2, 0.25) is 29.5 Å². The highest BCUT2D eigenvalue weighted by molar-refractivity contribution is 6.03. The summed E-state index contributed by atoms with van der Waals surface area (Å²) in [6.07, 6.45) is 3.13. The third-order valence-corrected chi connectivity index (χ3v) is 7.24. The number of ether oxygens (including phenoxy) is 1. The topological polar surface area (TPSA) is 177 Å². The Morgan fingerprint density at radius 3 is 2.28 bits per heavy atom. The monoisotopic (exact) mass is 601 g/mol. The molecule has 1 aromatic rings. The molecule has 1 fully saturated rings. The smallest absolute Gasteiger partial charge is 0.308 e. The number of benzene rings is 1. The van der Waals surface area contributed by atoms with Gasteiger partial charge in [0.05, 0.1) is 12.5 Å². The number of esters is 1. The number of hydrogen-bond donors (Lipinski definition) is 4. The van der Waals surface area contributed by atoms with Crippen molar-refractivity contribution < 1.29 is 33.5 Å². The van der Waals surface area contributed by atoms with Gasteiger partial charge in [0, 0.05) is 31.0 Å². The lowest BCUT2D eigenvalue weighted by atomic mass is 9.94. The predicted molar refractivity (Wildman–Crippen MR) is 161 cm³/mol. The number of hydrogen-bond acceptors (Lipinski definition) is 8. The highest BCUT2D eigenvalue weighted by atomic mass is 16.5. The molecule has 1 aliphatic heterocycles. The standard InChI is InChI=1S/C31H47N5O7/c1-20(2)24-17-28(39)36(30(24)41)16-7-5-6-10-26(37)33-18-27(38)35-25(9-8-15-32)29(40)34-23-13-11-22(12-14-23)19-43-31(42)21(3)4/h11-14,20-21,24-25H,5-10,15-19,32H2,1-4H3,(H,33,37)(H,34,40)(H,35,38). The Morgan fingerprint density at radius 1 is 0.977 bits per heavy atom. The van der Waals surface area contributed by atoms with Gasteiger partial charge in [-0.2, -0.15) is 0 Å². The summed E-state index contributed by atoms with van der Waals surface area (Å²) in [5, 5.41) is 8.00. The average Bonchev–Trinajstić information content (AvgIpc) is 3.26. The van der Waals surface area contributed by atoms with Crippen LogP contribution >= 0.6 is 0 Å². The van der Waals surface area contributed by atoms with Crippen LogP contribution in [0.15, 0.2) is 24.3 Å². The fraction of sp³-hybridized carbons (Fsp3) is 0.613. The maximum atomic E-state index is 12.9. The number of imide groups is 1. The average molecular weight is 602 g/mol. The van der Waals surface area contributed by atoms with Gasteiger partial charge in [-0.1, -0.05) is 46.2 Å². The summed E-state index contributed by atoms with van der Waals surface area (Å²) < 4.78 is 5.21. The third-order valence-electron chi connectivity index (χ3n) is 7.24. The molecular formula is C31H47N5O7. The number of unbranched alkanes of at least 4 members (excludes halogenated alkanes) is 2. The van der Waals surface area contributed by atoms with Gasteiger partial charge in [0.25, 0.3) is 0 Å². The molecule has 0 aliphatic carbocycles. The lowest BCUT2D eigenvalue weighted by Gasteiger charge is -2.19. The predicted octanol–water partition coefficient (Wildman–Crippen LogP) is 2.26. The van der Waals surface area contributed by atoms with Crippen LogP contribution in [-0.4, -0.2) is 66.1 Å². The number of carbonyl (C=O) groups excluding carboxylic acids is 6. The molecule has 1 aromatic carbocycles. The number of nitrogens with two attached hydrogens (primary N) is 1. The molecule has 0 radical (unpaired) electrons. The van der Waals surface area contributed by atoms with Crippen LogP contribution < -0.4 is 21.7 Å². The van der Waals surface area contributed by atoms with Crippen LogP contribution in [0.25, 0.3) is 0 Å². The normalized spacial score (nSPS) is 15.5. The number of nitrogens with zero attached hydrogens (tertiary/aromatic N) is 1. The second-order valence-corrected chi connectivity index (χ2v) is 11.5. The van der Waals surface area contributed by atoms with Gasteiger partial charge in [0.15, 0.2) is 0 Å². The molecular weight excluding hydrogens is 554 g/mol. The molecule has 5 N–H and O–H groups in total. The van der Waals surface area contributed by atoms with Crippen molar-refractivity contribution in [1.29, 1.82) is 0 Å². The third kappa shape index (κ3) is 12.1. The Bertz CT molecular complexity index is 1120. The van der Waals surface area contributed by atoms with Gasteiger partial charge in [-0.15, -0.1) is 0 Å². The van der Waals surface area contributed by atoms with Crippen LogP contribution in [-0.2, 0) is 40.1 Å². The largest absolute Gasteiger partial charge is 0.461 e. The number of likely N-dealkylation sites (tertiary alicyclic amines) is 1. The highest BCUT2D eigenvalue weighted by Crippen LogP contribution is 2.26. The van der Waals surface area contributed by atoms with E-state index >= 15 is 0 Å². The minimum Gasteiger partial charge on any atom is -0.461 e. The second kappa shape index (κ2) is 18.0.